The zero-order valence-electron chi connectivity index (χ0n) is 11.9. The highest BCUT2D eigenvalue weighted by molar-refractivity contribution is 7.16. The zero-order chi connectivity index (χ0) is 16.2. The van der Waals surface area contributed by atoms with Crippen LogP contribution in [0.25, 0.3) is 6.08 Å². The lowest BCUT2D eigenvalue weighted by Gasteiger charge is -2.03. The van der Waals surface area contributed by atoms with Crippen molar-refractivity contribution in [3.05, 3.63) is 57.0 Å². The summed E-state index contributed by atoms with van der Waals surface area (Å²) in [6.07, 6.45) is 2.90. The molecule has 2 heterocycles. The van der Waals surface area contributed by atoms with Crippen LogP contribution < -0.4 is 14.8 Å². The zero-order valence-corrected chi connectivity index (χ0v) is 12.7. The molecule has 1 N–H and O–H groups in total. The fraction of sp³-hybridized carbons (Fsp3) is 0.133. The van der Waals surface area contributed by atoms with Gasteiger partial charge in [0.15, 0.2) is 11.5 Å². The van der Waals surface area contributed by atoms with E-state index in [0.717, 1.165) is 16.9 Å². The van der Waals surface area contributed by atoms with Gasteiger partial charge in [-0.25, -0.2) is 0 Å². The summed E-state index contributed by atoms with van der Waals surface area (Å²) in [6, 6.07) is 8.47. The molecule has 8 heteroatoms. The van der Waals surface area contributed by atoms with Crippen molar-refractivity contribution in [2.45, 2.75) is 6.54 Å². The van der Waals surface area contributed by atoms with Gasteiger partial charge in [0.05, 0.1) is 4.92 Å². The summed E-state index contributed by atoms with van der Waals surface area (Å²) < 4.78 is 10.5. The lowest BCUT2D eigenvalue weighted by atomic mass is 10.2. The molecule has 0 saturated carbocycles. The summed E-state index contributed by atoms with van der Waals surface area (Å²) in [5.74, 6) is 1.08. The third kappa shape index (κ3) is 3.67. The number of thiophene rings is 1. The largest absolute Gasteiger partial charge is 0.454 e. The van der Waals surface area contributed by atoms with E-state index in [1.54, 1.807) is 18.2 Å². The van der Waals surface area contributed by atoms with Crippen LogP contribution in [0.2, 0.25) is 0 Å². The normalized spacial score (nSPS) is 12.5. The Labute approximate surface area is 135 Å². The highest BCUT2D eigenvalue weighted by Gasteiger charge is 2.13. The van der Waals surface area contributed by atoms with E-state index in [0.29, 0.717) is 22.9 Å². The molecule has 1 aromatic carbocycles. The van der Waals surface area contributed by atoms with Crippen LogP contribution >= 0.6 is 11.3 Å². The smallest absolute Gasteiger partial charge is 0.324 e. The van der Waals surface area contributed by atoms with Crippen molar-refractivity contribution in [3.8, 4) is 11.5 Å². The summed E-state index contributed by atoms with van der Waals surface area (Å²) in [6.45, 7) is 0.561. The number of hydrogen-bond donors (Lipinski definition) is 1. The van der Waals surface area contributed by atoms with Crippen LogP contribution in [0.3, 0.4) is 0 Å². The Morgan fingerprint density at radius 1 is 1.30 bits per heavy atom. The second-order valence-corrected chi connectivity index (χ2v) is 5.77. The lowest BCUT2D eigenvalue weighted by Crippen LogP contribution is -2.20. The van der Waals surface area contributed by atoms with Crippen molar-refractivity contribution < 1.29 is 19.2 Å². The molecular weight excluding hydrogens is 320 g/mol. The van der Waals surface area contributed by atoms with Gasteiger partial charge in [0.1, 0.15) is 0 Å². The number of amides is 1. The highest BCUT2D eigenvalue weighted by Crippen LogP contribution is 2.32. The van der Waals surface area contributed by atoms with Crippen molar-refractivity contribution in [1.29, 1.82) is 0 Å². The maximum atomic E-state index is 11.8. The molecule has 1 aliphatic heterocycles. The average molecular weight is 332 g/mol. The predicted octanol–water partition coefficient (Wildman–Crippen LogP) is 2.71. The number of hydrogen-bond acceptors (Lipinski definition) is 6. The van der Waals surface area contributed by atoms with E-state index in [1.807, 2.05) is 12.1 Å². The highest BCUT2D eigenvalue weighted by atomic mass is 32.1. The summed E-state index contributed by atoms with van der Waals surface area (Å²) in [5, 5.41) is 13.4. The Balaban J connectivity index is 1.54. The molecule has 0 atom stereocenters. The molecule has 0 bridgehead atoms. The molecule has 0 unspecified atom stereocenters. The molecule has 0 radical (unpaired) electrons. The molecule has 0 spiro atoms. The number of carbonyl (C=O) groups is 1. The number of rotatable bonds is 5. The maximum Gasteiger partial charge on any atom is 0.324 e. The first kappa shape index (κ1) is 15.0. The Bertz CT molecular complexity index is 784. The van der Waals surface area contributed by atoms with Crippen molar-refractivity contribution in [2.75, 3.05) is 6.79 Å². The Hall–Kier alpha value is -2.87. The number of carbonyl (C=O) groups excluding carboxylic acids is 1. The number of nitrogens with zero attached hydrogens (tertiary/aromatic N) is 1. The molecule has 0 fully saturated rings. The van der Waals surface area contributed by atoms with E-state index >= 15 is 0 Å². The van der Waals surface area contributed by atoms with E-state index in [1.165, 1.54) is 12.1 Å². The minimum absolute atomic E-state index is 0.0467. The quantitative estimate of drug-likeness (QED) is 0.516. The van der Waals surface area contributed by atoms with Gasteiger partial charge in [-0.3, -0.25) is 14.9 Å². The topological polar surface area (TPSA) is 90.7 Å². The van der Waals surface area contributed by atoms with Crippen LogP contribution in [0.4, 0.5) is 5.00 Å². The Kier molecular flexibility index (Phi) is 4.24. The third-order valence-electron chi connectivity index (χ3n) is 3.10. The fourth-order valence-corrected chi connectivity index (χ4v) is 2.71. The van der Waals surface area contributed by atoms with Crippen LogP contribution in [-0.4, -0.2) is 17.6 Å². The average Bonchev–Trinajstić information content (AvgIpc) is 3.19. The molecular formula is C15H12N2O5S. The first-order valence-electron chi connectivity index (χ1n) is 6.70. The summed E-state index contributed by atoms with van der Waals surface area (Å²) in [7, 11) is 0. The Morgan fingerprint density at radius 2 is 2.13 bits per heavy atom. The molecule has 118 valence electrons. The van der Waals surface area contributed by atoms with Crippen molar-refractivity contribution in [3.63, 3.8) is 0 Å². The number of ether oxygens (including phenoxy) is 2. The SMILES string of the molecule is O=C(/C=C/c1ccc([N+](=O)[O-])s1)NCc1ccc2c(c1)OCO2. The number of nitrogens with one attached hydrogen (secondary N) is 1. The van der Waals surface area contributed by atoms with Crippen LogP contribution in [-0.2, 0) is 11.3 Å². The van der Waals surface area contributed by atoms with Crippen LogP contribution in [0.5, 0.6) is 11.5 Å². The first-order chi connectivity index (χ1) is 11.1. The van der Waals surface area contributed by atoms with Gasteiger partial charge in [0.2, 0.25) is 12.7 Å². The van der Waals surface area contributed by atoms with Gasteiger partial charge in [-0.2, -0.15) is 0 Å². The minimum atomic E-state index is -0.457. The first-order valence-corrected chi connectivity index (χ1v) is 7.52. The van der Waals surface area contributed by atoms with Gasteiger partial charge in [-0.15, -0.1) is 0 Å². The van der Waals surface area contributed by atoms with E-state index in [2.05, 4.69) is 5.32 Å². The van der Waals surface area contributed by atoms with E-state index in [4.69, 9.17) is 9.47 Å². The molecule has 0 saturated heterocycles. The standard InChI is InChI=1S/C15H12N2O5S/c18-14(5-2-11-3-6-15(23-11)17(19)20)16-8-10-1-4-12-13(7-10)22-9-21-12/h1-7H,8-9H2,(H,16,18)/b5-2+. The van der Waals surface area contributed by atoms with Crippen molar-refractivity contribution in [1.82, 2.24) is 5.32 Å². The number of nitro groups is 1. The van der Waals surface area contributed by atoms with Crippen LogP contribution in [0.1, 0.15) is 10.4 Å². The lowest BCUT2D eigenvalue weighted by molar-refractivity contribution is -0.380. The van der Waals surface area contributed by atoms with Gasteiger partial charge in [-0.05, 0) is 29.8 Å². The molecule has 7 nitrogen and oxygen atoms in total. The van der Waals surface area contributed by atoms with Crippen molar-refractivity contribution in [2.24, 2.45) is 0 Å². The van der Waals surface area contributed by atoms with Gasteiger partial charge in [-0.1, -0.05) is 17.4 Å². The molecule has 0 aliphatic carbocycles. The third-order valence-corrected chi connectivity index (χ3v) is 4.10. The fourth-order valence-electron chi connectivity index (χ4n) is 1.99. The Morgan fingerprint density at radius 3 is 2.91 bits per heavy atom. The van der Waals surface area contributed by atoms with Gasteiger partial charge in [0, 0.05) is 23.6 Å². The number of benzene rings is 1. The van der Waals surface area contributed by atoms with Crippen LogP contribution in [0, 0.1) is 10.1 Å². The van der Waals surface area contributed by atoms with Gasteiger partial charge in [0.25, 0.3) is 0 Å². The second kappa shape index (κ2) is 6.49. The van der Waals surface area contributed by atoms with Crippen LogP contribution in [0.15, 0.2) is 36.4 Å². The second-order valence-electron chi connectivity index (χ2n) is 4.67. The van der Waals surface area contributed by atoms with E-state index < -0.39 is 4.92 Å². The molecule has 1 aromatic heterocycles. The summed E-state index contributed by atoms with van der Waals surface area (Å²) in [4.78, 5) is 22.6. The predicted molar refractivity (Wildman–Crippen MR) is 84.4 cm³/mol. The monoisotopic (exact) mass is 332 g/mol. The van der Waals surface area contributed by atoms with E-state index in [9.17, 15) is 14.9 Å². The molecule has 1 aliphatic rings. The molecule has 3 rings (SSSR count). The number of fused-ring (bicyclic) bond motifs is 1. The van der Waals surface area contributed by atoms with Crippen molar-refractivity contribution >= 4 is 28.3 Å². The minimum Gasteiger partial charge on any atom is -0.454 e. The molecule has 2 aromatic rings. The molecule has 1 amide bonds. The van der Waals surface area contributed by atoms with E-state index in [-0.39, 0.29) is 17.7 Å². The van der Waals surface area contributed by atoms with Gasteiger partial charge < -0.3 is 14.8 Å². The summed E-state index contributed by atoms with van der Waals surface area (Å²) in [5.41, 5.74) is 0.891. The van der Waals surface area contributed by atoms with Gasteiger partial charge >= 0.3 is 5.00 Å². The maximum absolute atomic E-state index is 11.8. The molecule has 23 heavy (non-hydrogen) atoms. The summed E-state index contributed by atoms with van der Waals surface area (Å²) >= 11 is 1.01.